The van der Waals surface area contributed by atoms with Crippen LogP contribution < -0.4 is 15.5 Å². The van der Waals surface area contributed by atoms with E-state index < -0.39 is 0 Å². The number of piperazine rings is 1. The fraction of sp³-hybridized carbons (Fsp3) is 0.526. The standard InChI is InChI=1S/C19H29FN8/c1-3-21-19(23-14-18-24-15-25-26(18)2)22-8-9-27-10-12-28(13-11-27)17-6-4-16(20)5-7-17/h4-7,15H,3,8-14H2,1-2H3,(H2,21,22,23). The Morgan fingerprint density at radius 1 is 1.14 bits per heavy atom. The Kier molecular flexibility index (Phi) is 7.18. The number of benzene rings is 1. The Balaban J connectivity index is 1.41. The van der Waals surface area contributed by atoms with Crippen molar-refractivity contribution in [1.82, 2.24) is 30.3 Å². The van der Waals surface area contributed by atoms with Crippen molar-refractivity contribution in [2.45, 2.75) is 13.5 Å². The Labute approximate surface area is 165 Å². The molecule has 2 heterocycles. The van der Waals surface area contributed by atoms with Crippen LogP contribution in [0.2, 0.25) is 0 Å². The fourth-order valence-electron chi connectivity index (χ4n) is 3.17. The molecule has 1 aliphatic heterocycles. The summed E-state index contributed by atoms with van der Waals surface area (Å²) in [5, 5.41) is 10.7. The van der Waals surface area contributed by atoms with Gasteiger partial charge in [0.05, 0.1) is 0 Å². The van der Waals surface area contributed by atoms with E-state index in [1.54, 1.807) is 4.68 Å². The lowest BCUT2D eigenvalue weighted by molar-refractivity contribution is 0.261. The van der Waals surface area contributed by atoms with Crippen molar-refractivity contribution < 1.29 is 4.39 Å². The Hall–Kier alpha value is -2.68. The number of nitrogens with zero attached hydrogens (tertiary/aromatic N) is 6. The number of aryl methyl sites for hydroxylation is 1. The predicted octanol–water partition coefficient (Wildman–Crippen LogP) is 0.832. The quantitative estimate of drug-likeness (QED) is 0.541. The molecule has 9 heteroatoms. The van der Waals surface area contributed by atoms with Gasteiger partial charge in [0.15, 0.2) is 5.96 Å². The number of rotatable bonds is 7. The van der Waals surface area contributed by atoms with E-state index in [1.165, 1.54) is 18.5 Å². The molecule has 0 unspecified atom stereocenters. The number of aromatic nitrogens is 3. The third-order valence-corrected chi connectivity index (χ3v) is 4.81. The van der Waals surface area contributed by atoms with Crippen LogP contribution in [0.4, 0.5) is 10.1 Å². The summed E-state index contributed by atoms with van der Waals surface area (Å²) >= 11 is 0. The summed E-state index contributed by atoms with van der Waals surface area (Å²) in [5.41, 5.74) is 1.09. The van der Waals surface area contributed by atoms with E-state index in [-0.39, 0.29) is 5.82 Å². The van der Waals surface area contributed by atoms with Gasteiger partial charge in [0, 0.05) is 58.5 Å². The molecule has 0 atom stereocenters. The molecule has 0 radical (unpaired) electrons. The van der Waals surface area contributed by atoms with Gasteiger partial charge in [-0.2, -0.15) is 5.10 Å². The molecule has 1 saturated heterocycles. The Morgan fingerprint density at radius 3 is 2.54 bits per heavy atom. The summed E-state index contributed by atoms with van der Waals surface area (Å²) in [6.45, 7) is 9.00. The number of anilines is 1. The van der Waals surface area contributed by atoms with Gasteiger partial charge in [0.25, 0.3) is 0 Å². The highest BCUT2D eigenvalue weighted by Crippen LogP contribution is 2.16. The first kappa shape index (κ1) is 20.1. The molecule has 0 spiro atoms. The lowest BCUT2D eigenvalue weighted by atomic mass is 10.2. The number of aliphatic imine (C=N–C) groups is 1. The summed E-state index contributed by atoms with van der Waals surface area (Å²) in [5.74, 6) is 1.43. The molecule has 1 aromatic carbocycles. The minimum atomic E-state index is -0.189. The molecule has 2 aromatic rings. The molecule has 1 aliphatic rings. The first-order valence-corrected chi connectivity index (χ1v) is 9.73. The van der Waals surface area contributed by atoms with E-state index in [4.69, 9.17) is 0 Å². The molecule has 8 nitrogen and oxygen atoms in total. The first-order chi connectivity index (χ1) is 13.7. The van der Waals surface area contributed by atoms with E-state index >= 15 is 0 Å². The van der Waals surface area contributed by atoms with Crippen LogP contribution in [0.3, 0.4) is 0 Å². The van der Waals surface area contributed by atoms with Gasteiger partial charge in [-0.05, 0) is 31.2 Å². The van der Waals surface area contributed by atoms with Gasteiger partial charge in [0.1, 0.15) is 24.5 Å². The third-order valence-electron chi connectivity index (χ3n) is 4.81. The average Bonchev–Trinajstić information content (AvgIpc) is 3.12. The average molecular weight is 388 g/mol. The minimum absolute atomic E-state index is 0.189. The monoisotopic (exact) mass is 388 g/mol. The maximum atomic E-state index is 13.1. The highest BCUT2D eigenvalue weighted by molar-refractivity contribution is 5.79. The SMILES string of the molecule is CCNC(=NCc1ncnn1C)NCCN1CCN(c2ccc(F)cc2)CC1. The number of hydrogen-bond acceptors (Lipinski definition) is 5. The molecule has 28 heavy (non-hydrogen) atoms. The van der Waals surface area contributed by atoms with Gasteiger partial charge in [-0.3, -0.25) is 9.58 Å². The van der Waals surface area contributed by atoms with E-state index in [1.807, 2.05) is 26.1 Å². The van der Waals surface area contributed by atoms with Crippen molar-refractivity contribution in [2.75, 3.05) is 50.7 Å². The summed E-state index contributed by atoms with van der Waals surface area (Å²) in [6, 6.07) is 6.74. The molecule has 1 fully saturated rings. The lowest BCUT2D eigenvalue weighted by Crippen LogP contribution is -2.49. The maximum absolute atomic E-state index is 13.1. The molecule has 1 aromatic heterocycles. The number of guanidine groups is 1. The van der Waals surface area contributed by atoms with Crippen molar-refractivity contribution in [2.24, 2.45) is 12.0 Å². The van der Waals surface area contributed by atoms with Crippen molar-refractivity contribution in [3.05, 3.63) is 42.2 Å². The van der Waals surface area contributed by atoms with Crippen LogP contribution in [-0.2, 0) is 13.6 Å². The second-order valence-electron chi connectivity index (χ2n) is 6.73. The summed E-state index contributed by atoms with van der Waals surface area (Å²) in [7, 11) is 1.86. The molecule has 0 aliphatic carbocycles. The van der Waals surface area contributed by atoms with Crippen LogP contribution in [0.5, 0.6) is 0 Å². The summed E-state index contributed by atoms with van der Waals surface area (Å²) in [4.78, 5) is 13.5. The minimum Gasteiger partial charge on any atom is -0.369 e. The second-order valence-corrected chi connectivity index (χ2v) is 6.73. The number of hydrogen-bond donors (Lipinski definition) is 2. The highest BCUT2D eigenvalue weighted by Gasteiger charge is 2.17. The topological polar surface area (TPSA) is 73.6 Å². The van der Waals surface area contributed by atoms with Gasteiger partial charge in [-0.25, -0.2) is 14.4 Å². The van der Waals surface area contributed by atoms with Gasteiger partial charge in [-0.15, -0.1) is 0 Å². The zero-order valence-electron chi connectivity index (χ0n) is 16.6. The zero-order valence-corrected chi connectivity index (χ0v) is 16.6. The summed E-state index contributed by atoms with van der Waals surface area (Å²) < 4.78 is 14.8. The first-order valence-electron chi connectivity index (χ1n) is 9.73. The van der Waals surface area contributed by atoms with Gasteiger partial charge in [0.2, 0.25) is 0 Å². The van der Waals surface area contributed by atoms with E-state index in [9.17, 15) is 4.39 Å². The van der Waals surface area contributed by atoms with Crippen molar-refractivity contribution in [3.63, 3.8) is 0 Å². The normalized spacial score (nSPS) is 15.7. The number of halogens is 1. The molecular weight excluding hydrogens is 359 g/mol. The second kappa shape index (κ2) is 10.0. The largest absolute Gasteiger partial charge is 0.369 e. The van der Waals surface area contributed by atoms with Crippen LogP contribution in [0.1, 0.15) is 12.7 Å². The lowest BCUT2D eigenvalue weighted by Gasteiger charge is -2.36. The van der Waals surface area contributed by atoms with Crippen LogP contribution in [0, 0.1) is 5.82 Å². The fourth-order valence-corrected chi connectivity index (χ4v) is 3.17. The smallest absolute Gasteiger partial charge is 0.191 e. The van der Waals surface area contributed by atoms with Crippen LogP contribution >= 0.6 is 0 Å². The van der Waals surface area contributed by atoms with E-state index in [2.05, 4.69) is 35.5 Å². The third kappa shape index (κ3) is 5.66. The molecular formula is C19H29FN8. The molecule has 0 saturated carbocycles. The molecule has 0 amide bonds. The van der Waals surface area contributed by atoms with E-state index in [0.717, 1.165) is 63.3 Å². The van der Waals surface area contributed by atoms with Crippen molar-refractivity contribution in [3.8, 4) is 0 Å². The maximum Gasteiger partial charge on any atom is 0.191 e. The van der Waals surface area contributed by atoms with Crippen LogP contribution in [0.25, 0.3) is 0 Å². The highest BCUT2D eigenvalue weighted by atomic mass is 19.1. The molecule has 2 N–H and O–H groups in total. The zero-order chi connectivity index (χ0) is 19.8. The van der Waals surface area contributed by atoms with Gasteiger partial charge < -0.3 is 15.5 Å². The van der Waals surface area contributed by atoms with Gasteiger partial charge >= 0.3 is 0 Å². The summed E-state index contributed by atoms with van der Waals surface area (Å²) in [6.07, 6.45) is 1.54. The van der Waals surface area contributed by atoms with Crippen molar-refractivity contribution in [1.29, 1.82) is 0 Å². The molecule has 3 rings (SSSR count). The van der Waals surface area contributed by atoms with Crippen LogP contribution in [-0.4, -0.2) is 71.4 Å². The number of nitrogens with one attached hydrogen (secondary N) is 2. The van der Waals surface area contributed by atoms with Gasteiger partial charge in [-0.1, -0.05) is 0 Å². The predicted molar refractivity (Wildman–Crippen MR) is 109 cm³/mol. The Morgan fingerprint density at radius 2 is 1.89 bits per heavy atom. The Bertz CT molecular complexity index is 750. The van der Waals surface area contributed by atoms with E-state index in [0.29, 0.717) is 6.54 Å². The van der Waals surface area contributed by atoms with Crippen LogP contribution in [0.15, 0.2) is 35.6 Å². The van der Waals surface area contributed by atoms with Crippen molar-refractivity contribution >= 4 is 11.6 Å². The molecule has 152 valence electrons. The molecule has 0 bridgehead atoms.